The van der Waals surface area contributed by atoms with Crippen LogP contribution in [0, 0.1) is 6.92 Å². The van der Waals surface area contributed by atoms with Gasteiger partial charge in [0.05, 0.1) is 16.8 Å². The van der Waals surface area contributed by atoms with Crippen molar-refractivity contribution in [3.05, 3.63) is 24.3 Å². The summed E-state index contributed by atoms with van der Waals surface area (Å²) in [6, 6.07) is 0. The molecule has 0 radical (unpaired) electrons. The van der Waals surface area contributed by atoms with Gasteiger partial charge in [-0.3, -0.25) is 9.97 Å². The van der Waals surface area contributed by atoms with Crippen molar-refractivity contribution in [3.8, 4) is 20.6 Å². The summed E-state index contributed by atoms with van der Waals surface area (Å²) < 4.78 is 0. The maximum atomic E-state index is 4.53. The van der Waals surface area contributed by atoms with Gasteiger partial charge in [-0.25, -0.2) is 4.98 Å². The van der Waals surface area contributed by atoms with Crippen LogP contribution in [0.1, 0.15) is 5.69 Å². The van der Waals surface area contributed by atoms with Crippen LogP contribution >= 0.6 is 22.7 Å². The number of nitrogens with one attached hydrogen (secondary N) is 1. The maximum Gasteiger partial charge on any atom is 0.205 e. The Morgan fingerprint density at radius 1 is 1.11 bits per heavy atom. The van der Waals surface area contributed by atoms with Crippen molar-refractivity contribution in [1.82, 2.24) is 25.1 Å². The van der Waals surface area contributed by atoms with E-state index in [1.54, 1.807) is 29.9 Å². The monoisotopic (exact) mass is 290 g/mol. The average Bonchev–Trinajstić information content (AvgIpc) is 3.06. The highest BCUT2D eigenvalue weighted by molar-refractivity contribution is 7.24. The first-order chi connectivity index (χ1) is 9.28. The fraction of sp³-hybridized carbons (Fsp3) is 0.182. The normalized spacial score (nSPS) is 10.6. The van der Waals surface area contributed by atoms with E-state index in [0.29, 0.717) is 0 Å². The second-order valence-corrected chi connectivity index (χ2v) is 5.66. The predicted octanol–water partition coefficient (Wildman–Crippen LogP) is 2.47. The highest BCUT2D eigenvalue weighted by Gasteiger charge is 2.15. The van der Waals surface area contributed by atoms with E-state index < -0.39 is 0 Å². The van der Waals surface area contributed by atoms with Gasteiger partial charge in [-0.15, -0.1) is 21.5 Å². The summed E-state index contributed by atoms with van der Waals surface area (Å²) in [6.07, 6.45) is 5.02. The summed E-state index contributed by atoms with van der Waals surface area (Å²) in [5, 5.41) is 13.7. The molecule has 3 aromatic heterocycles. The van der Waals surface area contributed by atoms with Crippen molar-refractivity contribution < 1.29 is 0 Å². The first kappa shape index (κ1) is 12.1. The molecule has 0 fully saturated rings. The van der Waals surface area contributed by atoms with Crippen molar-refractivity contribution in [2.45, 2.75) is 6.92 Å². The van der Waals surface area contributed by atoms with Crippen molar-refractivity contribution >= 4 is 27.8 Å². The third-order valence-corrected chi connectivity index (χ3v) is 4.69. The number of hydrogen-bond donors (Lipinski definition) is 1. The molecule has 0 saturated heterocycles. The van der Waals surface area contributed by atoms with Gasteiger partial charge in [0, 0.05) is 19.4 Å². The van der Waals surface area contributed by atoms with Gasteiger partial charge in [-0.1, -0.05) is 11.3 Å². The van der Waals surface area contributed by atoms with E-state index >= 15 is 0 Å². The van der Waals surface area contributed by atoms with Crippen LogP contribution in [-0.2, 0) is 0 Å². The minimum absolute atomic E-state index is 0.778. The third-order valence-electron chi connectivity index (χ3n) is 2.41. The van der Waals surface area contributed by atoms with E-state index in [0.717, 1.165) is 31.4 Å². The lowest BCUT2D eigenvalue weighted by Gasteiger charge is -1.91. The standard InChI is InChI=1S/C11H10N6S2/c1-6-8(10-16-17-11(12-2)19-10)18-9(15-6)7-5-13-3-4-14-7/h3-5H,1-2H3,(H,12,17). The molecular formula is C11H10N6S2. The van der Waals surface area contributed by atoms with Crippen LogP contribution in [0.3, 0.4) is 0 Å². The van der Waals surface area contributed by atoms with Gasteiger partial charge in [0.25, 0.3) is 0 Å². The summed E-state index contributed by atoms with van der Waals surface area (Å²) in [4.78, 5) is 13.9. The highest BCUT2D eigenvalue weighted by Crippen LogP contribution is 2.36. The Morgan fingerprint density at radius 3 is 2.68 bits per heavy atom. The van der Waals surface area contributed by atoms with Crippen LogP contribution in [0.5, 0.6) is 0 Å². The molecular weight excluding hydrogens is 280 g/mol. The SMILES string of the molecule is CNc1nnc(-c2sc(-c3cnccn3)nc2C)s1. The second kappa shape index (κ2) is 4.98. The van der Waals surface area contributed by atoms with Crippen molar-refractivity contribution in [2.75, 3.05) is 12.4 Å². The molecule has 0 saturated carbocycles. The molecule has 0 unspecified atom stereocenters. The summed E-state index contributed by atoms with van der Waals surface area (Å²) in [5.74, 6) is 0. The quantitative estimate of drug-likeness (QED) is 0.798. The number of aromatic nitrogens is 5. The van der Waals surface area contributed by atoms with E-state index in [1.807, 2.05) is 14.0 Å². The number of nitrogens with zero attached hydrogens (tertiary/aromatic N) is 5. The summed E-state index contributed by atoms with van der Waals surface area (Å²) in [5.41, 5.74) is 1.71. The van der Waals surface area contributed by atoms with E-state index in [1.165, 1.54) is 11.3 Å². The molecule has 3 rings (SSSR count). The lowest BCUT2D eigenvalue weighted by Crippen LogP contribution is -1.84. The van der Waals surface area contributed by atoms with Crippen LogP contribution in [0.2, 0.25) is 0 Å². The minimum Gasteiger partial charge on any atom is -0.363 e. The molecule has 6 nitrogen and oxygen atoms in total. The largest absolute Gasteiger partial charge is 0.363 e. The topological polar surface area (TPSA) is 76.5 Å². The van der Waals surface area contributed by atoms with Gasteiger partial charge in [0.2, 0.25) is 5.13 Å². The Labute approximate surface area is 117 Å². The van der Waals surface area contributed by atoms with Gasteiger partial charge in [0.15, 0.2) is 5.01 Å². The molecule has 0 aliphatic rings. The van der Waals surface area contributed by atoms with Gasteiger partial charge in [-0.2, -0.15) is 0 Å². The van der Waals surface area contributed by atoms with Crippen LogP contribution in [-0.4, -0.2) is 32.2 Å². The molecule has 0 aliphatic carbocycles. The van der Waals surface area contributed by atoms with Crippen LogP contribution in [0.4, 0.5) is 5.13 Å². The zero-order chi connectivity index (χ0) is 13.2. The molecule has 8 heteroatoms. The zero-order valence-corrected chi connectivity index (χ0v) is 11.9. The molecule has 0 atom stereocenters. The Bertz CT molecular complexity index is 690. The average molecular weight is 290 g/mol. The van der Waals surface area contributed by atoms with Crippen LogP contribution in [0.25, 0.3) is 20.6 Å². The summed E-state index contributed by atoms with van der Waals surface area (Å²) in [7, 11) is 1.83. The van der Waals surface area contributed by atoms with Gasteiger partial charge in [0.1, 0.15) is 10.7 Å². The van der Waals surface area contributed by atoms with Crippen LogP contribution < -0.4 is 5.32 Å². The van der Waals surface area contributed by atoms with Gasteiger partial charge >= 0.3 is 0 Å². The molecule has 0 bridgehead atoms. The molecule has 0 spiro atoms. The number of rotatable bonds is 3. The zero-order valence-electron chi connectivity index (χ0n) is 10.3. The van der Waals surface area contributed by atoms with E-state index in [-0.39, 0.29) is 0 Å². The molecule has 3 aromatic rings. The Hall–Kier alpha value is -1.93. The minimum atomic E-state index is 0.778. The molecule has 0 amide bonds. The smallest absolute Gasteiger partial charge is 0.205 e. The second-order valence-electron chi connectivity index (χ2n) is 3.69. The molecule has 3 heterocycles. The van der Waals surface area contributed by atoms with Gasteiger partial charge < -0.3 is 5.32 Å². The molecule has 0 aliphatic heterocycles. The summed E-state index contributed by atoms with van der Waals surface area (Å²) >= 11 is 3.07. The number of aryl methyl sites for hydroxylation is 1. The van der Waals surface area contributed by atoms with Crippen molar-refractivity contribution in [1.29, 1.82) is 0 Å². The number of hydrogen-bond acceptors (Lipinski definition) is 8. The molecule has 19 heavy (non-hydrogen) atoms. The fourth-order valence-corrected chi connectivity index (χ4v) is 3.38. The van der Waals surface area contributed by atoms with E-state index in [9.17, 15) is 0 Å². The number of anilines is 1. The first-order valence-electron chi connectivity index (χ1n) is 5.53. The Morgan fingerprint density at radius 2 is 2.00 bits per heavy atom. The van der Waals surface area contributed by atoms with Gasteiger partial charge in [-0.05, 0) is 6.92 Å². The van der Waals surface area contributed by atoms with Crippen LogP contribution in [0.15, 0.2) is 18.6 Å². The number of thiazole rings is 1. The third kappa shape index (κ3) is 2.32. The van der Waals surface area contributed by atoms with E-state index in [4.69, 9.17) is 0 Å². The van der Waals surface area contributed by atoms with Crippen molar-refractivity contribution in [2.24, 2.45) is 0 Å². The Balaban J connectivity index is 2.02. The molecule has 1 N–H and O–H groups in total. The van der Waals surface area contributed by atoms with E-state index in [2.05, 4.69) is 30.5 Å². The Kier molecular flexibility index (Phi) is 3.18. The first-order valence-corrected chi connectivity index (χ1v) is 7.16. The lowest BCUT2D eigenvalue weighted by atomic mass is 10.4. The van der Waals surface area contributed by atoms with Crippen molar-refractivity contribution in [3.63, 3.8) is 0 Å². The highest BCUT2D eigenvalue weighted by atomic mass is 32.1. The predicted molar refractivity (Wildman–Crippen MR) is 76.3 cm³/mol. The lowest BCUT2D eigenvalue weighted by molar-refractivity contribution is 1.09. The fourth-order valence-electron chi connectivity index (χ4n) is 1.53. The maximum absolute atomic E-state index is 4.53. The molecule has 0 aromatic carbocycles. The summed E-state index contributed by atoms with van der Waals surface area (Å²) in [6.45, 7) is 1.96. The molecule has 96 valence electrons.